The first-order valence-electron chi connectivity index (χ1n) is 5.77. The largest absolute Gasteiger partial charge is 0.454 e. The minimum Gasteiger partial charge on any atom is -0.454 e. The van der Waals surface area contributed by atoms with Crippen LogP contribution in [0.15, 0.2) is 42.5 Å². The average Bonchev–Trinajstić information content (AvgIpc) is 2.40. The van der Waals surface area contributed by atoms with Crippen LogP contribution in [0.5, 0.6) is 11.5 Å². The van der Waals surface area contributed by atoms with Crippen molar-refractivity contribution in [2.24, 2.45) is 5.73 Å². The number of para-hydroxylation sites is 1. The number of amidine groups is 1. The molecular weight excluding hydrogens is 288 g/mol. The molecule has 0 atom stereocenters. The van der Waals surface area contributed by atoms with E-state index in [9.17, 15) is 17.6 Å². The Morgan fingerprint density at radius 3 is 2.33 bits per heavy atom. The molecule has 2 aromatic carbocycles. The average molecular weight is 298 g/mol. The number of benzene rings is 2. The van der Waals surface area contributed by atoms with E-state index in [4.69, 9.17) is 15.9 Å². The SMILES string of the molecule is N=C(N)c1cc(Oc2ccccc2F)ccc1C(F)(F)F. The third-order valence-corrected chi connectivity index (χ3v) is 2.65. The maximum Gasteiger partial charge on any atom is 0.417 e. The van der Waals surface area contributed by atoms with Crippen LogP contribution in [-0.4, -0.2) is 5.84 Å². The summed E-state index contributed by atoms with van der Waals surface area (Å²) < 4.78 is 56.9. The second-order valence-electron chi connectivity index (χ2n) is 4.15. The number of nitrogens with two attached hydrogens (primary N) is 1. The van der Waals surface area contributed by atoms with Crippen molar-refractivity contribution in [2.75, 3.05) is 0 Å². The molecule has 0 aliphatic heterocycles. The van der Waals surface area contributed by atoms with Crippen LogP contribution in [0.3, 0.4) is 0 Å². The summed E-state index contributed by atoms with van der Waals surface area (Å²) in [5.41, 5.74) is 3.59. The number of nitrogens with one attached hydrogen (secondary N) is 1. The lowest BCUT2D eigenvalue weighted by atomic mass is 10.1. The maximum atomic E-state index is 13.4. The highest BCUT2D eigenvalue weighted by atomic mass is 19.4. The molecule has 3 nitrogen and oxygen atoms in total. The lowest BCUT2D eigenvalue weighted by Crippen LogP contribution is -2.18. The van der Waals surface area contributed by atoms with Crippen molar-refractivity contribution in [1.82, 2.24) is 0 Å². The van der Waals surface area contributed by atoms with Crippen molar-refractivity contribution in [3.63, 3.8) is 0 Å². The number of hydrogen-bond donors (Lipinski definition) is 2. The standard InChI is InChI=1S/C14H10F4N2O/c15-11-3-1-2-4-12(11)21-8-5-6-10(14(16,17)18)9(7-8)13(19)20/h1-7H,(H3,19,20). The fourth-order valence-electron chi connectivity index (χ4n) is 1.71. The molecule has 0 fully saturated rings. The van der Waals surface area contributed by atoms with Crippen LogP contribution in [0.25, 0.3) is 0 Å². The first-order chi connectivity index (χ1) is 9.79. The molecule has 0 aliphatic rings. The lowest BCUT2D eigenvalue weighted by Gasteiger charge is -2.14. The van der Waals surface area contributed by atoms with Gasteiger partial charge in [-0.25, -0.2) is 4.39 Å². The zero-order valence-electron chi connectivity index (χ0n) is 10.5. The second-order valence-corrected chi connectivity index (χ2v) is 4.15. The molecule has 0 aliphatic carbocycles. The van der Waals surface area contributed by atoms with Crippen molar-refractivity contribution in [3.8, 4) is 11.5 Å². The fraction of sp³-hybridized carbons (Fsp3) is 0.0714. The van der Waals surface area contributed by atoms with Gasteiger partial charge in [0.2, 0.25) is 0 Å². The molecule has 2 rings (SSSR count). The van der Waals surface area contributed by atoms with Crippen LogP contribution in [0.1, 0.15) is 11.1 Å². The van der Waals surface area contributed by atoms with Crippen LogP contribution < -0.4 is 10.5 Å². The van der Waals surface area contributed by atoms with Gasteiger partial charge < -0.3 is 10.5 Å². The molecule has 21 heavy (non-hydrogen) atoms. The number of rotatable bonds is 3. The molecule has 0 unspecified atom stereocenters. The normalized spacial score (nSPS) is 11.2. The van der Waals surface area contributed by atoms with Gasteiger partial charge in [0.25, 0.3) is 0 Å². The van der Waals surface area contributed by atoms with Crippen molar-refractivity contribution < 1.29 is 22.3 Å². The van der Waals surface area contributed by atoms with Gasteiger partial charge >= 0.3 is 6.18 Å². The smallest absolute Gasteiger partial charge is 0.417 e. The van der Waals surface area contributed by atoms with Crippen LogP contribution in [0, 0.1) is 11.2 Å². The van der Waals surface area contributed by atoms with Crippen LogP contribution >= 0.6 is 0 Å². The Hall–Kier alpha value is -2.57. The summed E-state index contributed by atoms with van der Waals surface area (Å²) in [6.45, 7) is 0. The zero-order chi connectivity index (χ0) is 15.6. The van der Waals surface area contributed by atoms with Gasteiger partial charge in [0.15, 0.2) is 11.6 Å². The summed E-state index contributed by atoms with van der Waals surface area (Å²) in [5, 5.41) is 7.22. The first kappa shape index (κ1) is 14.8. The van der Waals surface area contributed by atoms with Gasteiger partial charge in [-0.1, -0.05) is 12.1 Å². The number of nitrogen functional groups attached to an aromatic ring is 1. The maximum absolute atomic E-state index is 13.4. The summed E-state index contributed by atoms with van der Waals surface area (Å²) in [6.07, 6.45) is -4.64. The predicted molar refractivity (Wildman–Crippen MR) is 68.9 cm³/mol. The predicted octanol–water partition coefficient (Wildman–Crippen LogP) is 3.92. The van der Waals surface area contributed by atoms with Gasteiger partial charge in [-0.2, -0.15) is 13.2 Å². The van der Waals surface area contributed by atoms with Gasteiger partial charge in [0.05, 0.1) is 5.56 Å². The minimum atomic E-state index is -4.64. The van der Waals surface area contributed by atoms with Gasteiger partial charge in [0, 0.05) is 5.56 Å². The van der Waals surface area contributed by atoms with Crippen LogP contribution in [-0.2, 0) is 6.18 Å². The lowest BCUT2D eigenvalue weighted by molar-refractivity contribution is -0.137. The van der Waals surface area contributed by atoms with E-state index in [1.807, 2.05) is 0 Å². The monoisotopic (exact) mass is 298 g/mol. The molecule has 110 valence electrons. The number of ether oxygens (including phenoxy) is 1. The van der Waals surface area contributed by atoms with Crippen molar-refractivity contribution in [2.45, 2.75) is 6.18 Å². The summed E-state index contributed by atoms with van der Waals surface area (Å²) >= 11 is 0. The van der Waals surface area contributed by atoms with Gasteiger partial charge in [-0.3, -0.25) is 5.41 Å². The van der Waals surface area contributed by atoms with E-state index in [-0.39, 0.29) is 11.5 Å². The second kappa shape index (κ2) is 5.43. The Kier molecular flexibility index (Phi) is 3.84. The van der Waals surface area contributed by atoms with E-state index in [1.54, 1.807) is 0 Å². The van der Waals surface area contributed by atoms with E-state index < -0.39 is 29.0 Å². The highest BCUT2D eigenvalue weighted by molar-refractivity contribution is 5.97. The fourth-order valence-corrected chi connectivity index (χ4v) is 1.71. The van der Waals surface area contributed by atoms with E-state index in [2.05, 4.69) is 0 Å². The molecule has 0 saturated heterocycles. The number of hydrogen-bond acceptors (Lipinski definition) is 2. The molecular formula is C14H10F4N2O. The van der Waals surface area contributed by atoms with E-state index in [1.165, 1.54) is 18.2 Å². The van der Waals surface area contributed by atoms with E-state index >= 15 is 0 Å². The topological polar surface area (TPSA) is 59.1 Å². The van der Waals surface area contributed by atoms with Crippen LogP contribution in [0.2, 0.25) is 0 Å². The molecule has 0 spiro atoms. The highest BCUT2D eigenvalue weighted by Gasteiger charge is 2.34. The van der Waals surface area contributed by atoms with Gasteiger partial charge in [-0.05, 0) is 30.3 Å². The minimum absolute atomic E-state index is 0.0432. The summed E-state index contributed by atoms with van der Waals surface area (Å²) in [7, 11) is 0. The number of halogens is 4. The Morgan fingerprint density at radius 1 is 1.10 bits per heavy atom. The summed E-state index contributed by atoms with van der Waals surface area (Å²) in [4.78, 5) is 0. The zero-order valence-corrected chi connectivity index (χ0v) is 10.5. The third-order valence-electron chi connectivity index (χ3n) is 2.65. The Labute approximate surface area is 117 Å². The van der Waals surface area contributed by atoms with Crippen molar-refractivity contribution in [3.05, 3.63) is 59.4 Å². The molecule has 0 aromatic heterocycles. The molecule has 0 radical (unpaired) electrons. The molecule has 0 amide bonds. The van der Waals surface area contributed by atoms with Crippen LogP contribution in [0.4, 0.5) is 17.6 Å². The molecule has 0 saturated carbocycles. The first-order valence-corrected chi connectivity index (χ1v) is 5.77. The molecule has 0 bridgehead atoms. The van der Waals surface area contributed by atoms with E-state index in [0.29, 0.717) is 0 Å². The van der Waals surface area contributed by atoms with Gasteiger partial charge in [0.1, 0.15) is 11.6 Å². The highest BCUT2D eigenvalue weighted by Crippen LogP contribution is 2.34. The quantitative estimate of drug-likeness (QED) is 0.512. The summed E-state index contributed by atoms with van der Waals surface area (Å²) in [6, 6.07) is 8.21. The Morgan fingerprint density at radius 2 is 1.76 bits per heavy atom. The number of alkyl halides is 3. The van der Waals surface area contributed by atoms with E-state index in [0.717, 1.165) is 24.3 Å². The Bertz CT molecular complexity index is 683. The molecule has 0 heterocycles. The Balaban J connectivity index is 2.42. The molecule has 2 aromatic rings. The van der Waals surface area contributed by atoms with Crippen molar-refractivity contribution in [1.29, 1.82) is 5.41 Å². The third kappa shape index (κ3) is 3.31. The van der Waals surface area contributed by atoms with Gasteiger partial charge in [-0.15, -0.1) is 0 Å². The van der Waals surface area contributed by atoms with Crippen molar-refractivity contribution >= 4 is 5.84 Å². The molecule has 7 heteroatoms. The molecule has 3 N–H and O–H groups in total. The summed E-state index contributed by atoms with van der Waals surface area (Å²) in [5.74, 6) is -1.58.